The van der Waals surface area contributed by atoms with E-state index in [0.717, 1.165) is 28.8 Å². The standard InChI is InChI=1S/C12H14ClN3S/c1-9-4-3-5-10(14-9)7-16(2)12-15-11(6-13)8-17-12/h3-5,8H,6-7H2,1-2H3. The molecule has 2 rings (SSSR count). The molecule has 0 saturated heterocycles. The quantitative estimate of drug-likeness (QED) is 0.797. The van der Waals surface area contributed by atoms with Gasteiger partial charge in [-0.25, -0.2) is 4.98 Å². The SMILES string of the molecule is Cc1cccc(CN(C)c2nc(CCl)cs2)n1. The Balaban J connectivity index is 2.08. The molecule has 17 heavy (non-hydrogen) atoms. The van der Waals surface area contributed by atoms with Gasteiger partial charge in [-0.05, 0) is 19.1 Å². The van der Waals surface area contributed by atoms with Crippen LogP contribution in [-0.2, 0) is 12.4 Å². The number of nitrogens with zero attached hydrogens (tertiary/aromatic N) is 3. The van der Waals surface area contributed by atoms with Crippen molar-refractivity contribution in [2.45, 2.75) is 19.3 Å². The Morgan fingerprint density at radius 3 is 2.76 bits per heavy atom. The molecule has 0 amide bonds. The molecule has 0 spiro atoms. The lowest BCUT2D eigenvalue weighted by Gasteiger charge is -2.15. The van der Waals surface area contributed by atoms with Crippen LogP contribution in [0.15, 0.2) is 23.6 Å². The van der Waals surface area contributed by atoms with Crippen molar-refractivity contribution in [1.29, 1.82) is 0 Å². The zero-order valence-corrected chi connectivity index (χ0v) is 11.4. The fourth-order valence-corrected chi connectivity index (χ4v) is 2.55. The summed E-state index contributed by atoms with van der Waals surface area (Å²) in [4.78, 5) is 11.0. The van der Waals surface area contributed by atoms with Crippen molar-refractivity contribution in [2.24, 2.45) is 0 Å². The zero-order valence-electron chi connectivity index (χ0n) is 9.85. The van der Waals surface area contributed by atoms with Gasteiger partial charge in [-0.1, -0.05) is 6.07 Å². The Bertz CT molecular complexity index is 498. The lowest BCUT2D eigenvalue weighted by Crippen LogP contribution is -2.17. The van der Waals surface area contributed by atoms with Crippen molar-refractivity contribution in [3.63, 3.8) is 0 Å². The molecule has 0 atom stereocenters. The number of hydrogen-bond donors (Lipinski definition) is 0. The van der Waals surface area contributed by atoms with Gasteiger partial charge in [0.05, 0.1) is 23.8 Å². The summed E-state index contributed by atoms with van der Waals surface area (Å²) in [6, 6.07) is 6.05. The maximum Gasteiger partial charge on any atom is 0.185 e. The van der Waals surface area contributed by atoms with Crippen LogP contribution in [0.5, 0.6) is 0 Å². The predicted octanol–water partition coefficient (Wildman–Crippen LogP) is 3.22. The van der Waals surface area contributed by atoms with Gasteiger partial charge in [0.25, 0.3) is 0 Å². The molecule has 0 aliphatic carbocycles. The smallest absolute Gasteiger partial charge is 0.185 e. The Hall–Kier alpha value is -1.13. The fraction of sp³-hybridized carbons (Fsp3) is 0.333. The first-order valence-corrected chi connectivity index (χ1v) is 6.74. The number of halogens is 1. The molecule has 0 aromatic carbocycles. The molecule has 0 saturated carbocycles. The normalized spacial score (nSPS) is 10.5. The molecule has 0 N–H and O–H groups in total. The van der Waals surface area contributed by atoms with Crippen molar-refractivity contribution in [3.05, 3.63) is 40.7 Å². The average Bonchev–Trinajstić information content (AvgIpc) is 2.77. The Morgan fingerprint density at radius 1 is 1.29 bits per heavy atom. The molecule has 0 bridgehead atoms. The van der Waals surface area contributed by atoms with Crippen LogP contribution in [0, 0.1) is 6.92 Å². The molecule has 5 heteroatoms. The van der Waals surface area contributed by atoms with Gasteiger partial charge < -0.3 is 4.90 Å². The van der Waals surface area contributed by atoms with Gasteiger partial charge in [0.1, 0.15) is 0 Å². The number of anilines is 1. The predicted molar refractivity (Wildman–Crippen MR) is 72.8 cm³/mol. The van der Waals surface area contributed by atoms with Crippen LogP contribution in [0.25, 0.3) is 0 Å². The van der Waals surface area contributed by atoms with E-state index >= 15 is 0 Å². The van der Waals surface area contributed by atoms with Crippen molar-refractivity contribution in [2.75, 3.05) is 11.9 Å². The van der Waals surface area contributed by atoms with Crippen LogP contribution < -0.4 is 4.90 Å². The Labute approximate surface area is 110 Å². The van der Waals surface area contributed by atoms with E-state index in [1.165, 1.54) is 0 Å². The first kappa shape index (κ1) is 12.3. The van der Waals surface area contributed by atoms with Gasteiger partial charge in [0, 0.05) is 18.1 Å². The Kier molecular flexibility index (Phi) is 3.97. The van der Waals surface area contributed by atoms with E-state index in [4.69, 9.17) is 11.6 Å². The van der Waals surface area contributed by atoms with Crippen LogP contribution >= 0.6 is 22.9 Å². The number of rotatable bonds is 4. The molecule has 2 aromatic heterocycles. The van der Waals surface area contributed by atoms with Gasteiger partial charge in [0.2, 0.25) is 0 Å². The van der Waals surface area contributed by atoms with E-state index in [-0.39, 0.29) is 0 Å². The number of hydrogen-bond acceptors (Lipinski definition) is 4. The summed E-state index contributed by atoms with van der Waals surface area (Å²) in [5.41, 5.74) is 3.02. The number of pyridine rings is 1. The van der Waals surface area contributed by atoms with Gasteiger partial charge in [-0.15, -0.1) is 22.9 Å². The van der Waals surface area contributed by atoms with E-state index in [0.29, 0.717) is 5.88 Å². The first-order chi connectivity index (χ1) is 8.19. The van der Waals surface area contributed by atoms with E-state index in [2.05, 4.69) is 14.9 Å². The number of aryl methyl sites for hydroxylation is 1. The topological polar surface area (TPSA) is 29.0 Å². The highest BCUT2D eigenvalue weighted by molar-refractivity contribution is 7.13. The maximum absolute atomic E-state index is 5.74. The lowest BCUT2D eigenvalue weighted by molar-refractivity contribution is 0.868. The average molecular weight is 268 g/mol. The summed E-state index contributed by atoms with van der Waals surface area (Å²) >= 11 is 7.35. The van der Waals surface area contributed by atoms with Crippen molar-refractivity contribution < 1.29 is 0 Å². The highest BCUT2D eigenvalue weighted by atomic mass is 35.5. The summed E-state index contributed by atoms with van der Waals surface area (Å²) in [6.07, 6.45) is 0. The Morgan fingerprint density at radius 2 is 2.12 bits per heavy atom. The van der Waals surface area contributed by atoms with Gasteiger partial charge in [0.15, 0.2) is 5.13 Å². The summed E-state index contributed by atoms with van der Waals surface area (Å²) in [5, 5.41) is 2.96. The van der Waals surface area contributed by atoms with Crippen LogP contribution in [0.1, 0.15) is 17.1 Å². The molecule has 2 heterocycles. The fourth-order valence-electron chi connectivity index (χ4n) is 1.53. The molecule has 90 valence electrons. The zero-order chi connectivity index (χ0) is 12.3. The maximum atomic E-state index is 5.74. The third-order valence-corrected chi connectivity index (χ3v) is 3.63. The van der Waals surface area contributed by atoms with Crippen LogP contribution in [0.4, 0.5) is 5.13 Å². The second-order valence-corrected chi connectivity index (χ2v) is 4.99. The molecule has 0 aliphatic rings. The second-order valence-electron chi connectivity index (χ2n) is 3.88. The van der Waals surface area contributed by atoms with E-state index in [1.54, 1.807) is 11.3 Å². The van der Waals surface area contributed by atoms with Crippen molar-refractivity contribution in [1.82, 2.24) is 9.97 Å². The molecule has 0 aliphatic heterocycles. The van der Waals surface area contributed by atoms with E-state index in [1.807, 2.05) is 37.6 Å². The van der Waals surface area contributed by atoms with Gasteiger partial charge in [-0.3, -0.25) is 4.98 Å². The van der Waals surface area contributed by atoms with Crippen LogP contribution in [-0.4, -0.2) is 17.0 Å². The summed E-state index contributed by atoms with van der Waals surface area (Å²) < 4.78 is 0. The second kappa shape index (κ2) is 5.47. The minimum absolute atomic E-state index is 0.465. The lowest BCUT2D eigenvalue weighted by atomic mass is 10.3. The molecule has 0 fully saturated rings. The first-order valence-electron chi connectivity index (χ1n) is 5.33. The number of alkyl halides is 1. The molecule has 3 nitrogen and oxygen atoms in total. The molecular formula is C12H14ClN3S. The monoisotopic (exact) mass is 267 g/mol. The minimum Gasteiger partial charge on any atom is -0.345 e. The number of aromatic nitrogens is 2. The third-order valence-electron chi connectivity index (χ3n) is 2.35. The van der Waals surface area contributed by atoms with E-state index < -0.39 is 0 Å². The van der Waals surface area contributed by atoms with E-state index in [9.17, 15) is 0 Å². The highest BCUT2D eigenvalue weighted by Gasteiger charge is 2.07. The minimum atomic E-state index is 0.465. The summed E-state index contributed by atoms with van der Waals surface area (Å²) in [5.74, 6) is 0.465. The largest absolute Gasteiger partial charge is 0.345 e. The van der Waals surface area contributed by atoms with Gasteiger partial charge >= 0.3 is 0 Å². The summed E-state index contributed by atoms with van der Waals surface area (Å²) in [7, 11) is 2.01. The third kappa shape index (κ3) is 3.17. The molecule has 0 radical (unpaired) electrons. The van der Waals surface area contributed by atoms with Crippen molar-refractivity contribution >= 4 is 28.1 Å². The number of thiazole rings is 1. The summed E-state index contributed by atoms with van der Waals surface area (Å²) in [6.45, 7) is 2.76. The molecular weight excluding hydrogens is 254 g/mol. The molecule has 0 unspecified atom stereocenters. The van der Waals surface area contributed by atoms with Crippen LogP contribution in [0.3, 0.4) is 0 Å². The van der Waals surface area contributed by atoms with Crippen LogP contribution in [0.2, 0.25) is 0 Å². The molecule has 2 aromatic rings. The highest BCUT2D eigenvalue weighted by Crippen LogP contribution is 2.21. The van der Waals surface area contributed by atoms with Crippen molar-refractivity contribution in [3.8, 4) is 0 Å². The van der Waals surface area contributed by atoms with Gasteiger partial charge in [-0.2, -0.15) is 0 Å².